The van der Waals surface area contributed by atoms with Crippen LogP contribution in [0.4, 0.5) is 4.79 Å². The van der Waals surface area contributed by atoms with E-state index >= 15 is 0 Å². The molecule has 0 N–H and O–H groups in total. The molecule has 1 amide bonds. The zero-order valence-electron chi connectivity index (χ0n) is 9.76. The highest BCUT2D eigenvalue weighted by atomic mass is 16.6. The molecule has 0 radical (unpaired) electrons. The number of hydrogen-bond acceptors (Lipinski definition) is 3. The van der Waals surface area contributed by atoms with Crippen molar-refractivity contribution >= 4 is 11.9 Å². The number of hydrogen-bond donors (Lipinski definition) is 0. The van der Waals surface area contributed by atoms with Crippen molar-refractivity contribution in [1.82, 2.24) is 4.90 Å². The van der Waals surface area contributed by atoms with Crippen LogP contribution in [0.1, 0.15) is 23.7 Å². The molecule has 1 unspecified atom stereocenters. The maximum atomic E-state index is 11.9. The summed E-state index contributed by atoms with van der Waals surface area (Å²) in [5, 5.41) is 0. The molecule has 4 heteroatoms. The SMILES string of the molecule is CC(CC(=O)c1ccccc1)N1CCOC1=O. The van der Waals surface area contributed by atoms with Gasteiger partial charge in [0.25, 0.3) is 0 Å². The molecule has 1 aliphatic rings. The lowest BCUT2D eigenvalue weighted by molar-refractivity contribution is 0.0945. The molecular formula is C13H15NO3. The second-order valence-electron chi connectivity index (χ2n) is 4.15. The molecule has 0 saturated carbocycles. The van der Waals surface area contributed by atoms with Crippen LogP contribution < -0.4 is 0 Å². The van der Waals surface area contributed by atoms with E-state index in [-0.39, 0.29) is 17.9 Å². The first kappa shape index (κ1) is 11.6. The van der Waals surface area contributed by atoms with E-state index < -0.39 is 0 Å². The molecule has 1 fully saturated rings. The van der Waals surface area contributed by atoms with Gasteiger partial charge in [-0.3, -0.25) is 4.79 Å². The molecule has 1 aromatic carbocycles. The number of ether oxygens (including phenoxy) is 1. The molecule has 0 aromatic heterocycles. The van der Waals surface area contributed by atoms with Gasteiger partial charge in [0.15, 0.2) is 5.78 Å². The molecule has 2 rings (SSSR count). The van der Waals surface area contributed by atoms with Gasteiger partial charge in [0.2, 0.25) is 0 Å². The fraction of sp³-hybridized carbons (Fsp3) is 0.385. The molecule has 1 atom stereocenters. The molecule has 1 aliphatic heterocycles. The van der Waals surface area contributed by atoms with Crippen molar-refractivity contribution in [2.45, 2.75) is 19.4 Å². The van der Waals surface area contributed by atoms with Crippen LogP contribution in [-0.2, 0) is 4.74 Å². The van der Waals surface area contributed by atoms with Gasteiger partial charge in [-0.2, -0.15) is 0 Å². The van der Waals surface area contributed by atoms with Gasteiger partial charge in [0.05, 0.1) is 6.54 Å². The minimum atomic E-state index is -0.321. The fourth-order valence-corrected chi connectivity index (χ4v) is 1.93. The largest absolute Gasteiger partial charge is 0.448 e. The van der Waals surface area contributed by atoms with E-state index in [9.17, 15) is 9.59 Å². The van der Waals surface area contributed by atoms with E-state index in [1.54, 1.807) is 17.0 Å². The number of rotatable bonds is 4. The van der Waals surface area contributed by atoms with E-state index in [0.29, 0.717) is 25.1 Å². The average molecular weight is 233 g/mol. The summed E-state index contributed by atoms with van der Waals surface area (Å²) in [6.45, 7) is 2.86. The third-order valence-corrected chi connectivity index (χ3v) is 2.90. The molecule has 1 aromatic rings. The Morgan fingerprint density at radius 1 is 1.41 bits per heavy atom. The minimum absolute atomic E-state index is 0.0535. The van der Waals surface area contributed by atoms with Crippen LogP contribution >= 0.6 is 0 Å². The number of cyclic esters (lactones) is 1. The van der Waals surface area contributed by atoms with Gasteiger partial charge in [-0.25, -0.2) is 4.79 Å². The normalized spacial score (nSPS) is 16.8. The number of amides is 1. The number of carbonyl (C=O) groups excluding carboxylic acids is 2. The summed E-state index contributed by atoms with van der Waals surface area (Å²) in [5.74, 6) is 0.0535. The molecule has 17 heavy (non-hydrogen) atoms. The Bertz CT molecular complexity index is 416. The van der Waals surface area contributed by atoms with E-state index in [1.165, 1.54) is 0 Å². The third kappa shape index (κ3) is 2.64. The second-order valence-corrected chi connectivity index (χ2v) is 4.15. The van der Waals surface area contributed by atoms with E-state index in [2.05, 4.69) is 0 Å². The average Bonchev–Trinajstić information content (AvgIpc) is 2.76. The molecule has 90 valence electrons. The van der Waals surface area contributed by atoms with Gasteiger partial charge in [0.1, 0.15) is 6.61 Å². The predicted molar refractivity (Wildman–Crippen MR) is 62.9 cm³/mol. The highest BCUT2D eigenvalue weighted by molar-refractivity contribution is 5.96. The van der Waals surface area contributed by atoms with Gasteiger partial charge in [0, 0.05) is 18.0 Å². The van der Waals surface area contributed by atoms with Gasteiger partial charge < -0.3 is 9.64 Å². The summed E-state index contributed by atoms with van der Waals surface area (Å²) < 4.78 is 4.85. The third-order valence-electron chi connectivity index (χ3n) is 2.90. The molecule has 1 saturated heterocycles. The van der Waals surface area contributed by atoms with E-state index in [1.807, 2.05) is 25.1 Å². The Hall–Kier alpha value is -1.84. The molecule has 0 bridgehead atoms. The van der Waals surface area contributed by atoms with Crippen molar-refractivity contribution in [2.24, 2.45) is 0 Å². The number of nitrogens with zero attached hydrogens (tertiary/aromatic N) is 1. The van der Waals surface area contributed by atoms with Crippen molar-refractivity contribution in [1.29, 1.82) is 0 Å². The van der Waals surface area contributed by atoms with Crippen molar-refractivity contribution in [3.8, 4) is 0 Å². The Kier molecular flexibility index (Phi) is 3.42. The van der Waals surface area contributed by atoms with Gasteiger partial charge >= 0.3 is 6.09 Å². The summed E-state index contributed by atoms with van der Waals surface area (Å²) >= 11 is 0. The zero-order valence-corrected chi connectivity index (χ0v) is 9.76. The summed E-state index contributed by atoms with van der Waals surface area (Å²) in [6, 6.07) is 9.01. The first-order chi connectivity index (χ1) is 8.18. The van der Waals surface area contributed by atoms with Crippen LogP contribution in [0.3, 0.4) is 0 Å². The zero-order chi connectivity index (χ0) is 12.3. The fourth-order valence-electron chi connectivity index (χ4n) is 1.93. The van der Waals surface area contributed by atoms with E-state index in [0.717, 1.165) is 0 Å². The van der Waals surface area contributed by atoms with Crippen LogP contribution in [-0.4, -0.2) is 36.0 Å². The first-order valence-electron chi connectivity index (χ1n) is 5.70. The number of benzene rings is 1. The highest BCUT2D eigenvalue weighted by Crippen LogP contribution is 2.14. The van der Waals surface area contributed by atoms with Crippen LogP contribution in [0.25, 0.3) is 0 Å². The summed E-state index contributed by atoms with van der Waals surface area (Å²) in [6.07, 6.45) is 0.0115. The number of carbonyl (C=O) groups is 2. The smallest absolute Gasteiger partial charge is 0.410 e. The molecular weight excluding hydrogens is 218 g/mol. The van der Waals surface area contributed by atoms with Gasteiger partial charge in [-0.05, 0) is 6.92 Å². The second kappa shape index (κ2) is 4.99. The number of ketones is 1. The maximum Gasteiger partial charge on any atom is 0.410 e. The van der Waals surface area contributed by atoms with Gasteiger partial charge in [-0.1, -0.05) is 30.3 Å². The Morgan fingerprint density at radius 3 is 2.71 bits per heavy atom. The lowest BCUT2D eigenvalue weighted by Crippen LogP contribution is -2.35. The first-order valence-corrected chi connectivity index (χ1v) is 5.70. The number of Topliss-reactive ketones (excluding diaryl/α,β-unsaturated/α-hetero) is 1. The summed E-state index contributed by atoms with van der Waals surface area (Å²) in [7, 11) is 0. The monoisotopic (exact) mass is 233 g/mol. The van der Waals surface area contributed by atoms with Crippen molar-refractivity contribution in [3.05, 3.63) is 35.9 Å². The quantitative estimate of drug-likeness (QED) is 0.748. The lowest BCUT2D eigenvalue weighted by atomic mass is 10.0. The van der Waals surface area contributed by atoms with Crippen LogP contribution in [0.2, 0.25) is 0 Å². The Labute approximate surface area is 100 Å². The van der Waals surface area contributed by atoms with Crippen molar-refractivity contribution in [3.63, 3.8) is 0 Å². The van der Waals surface area contributed by atoms with E-state index in [4.69, 9.17) is 4.74 Å². The van der Waals surface area contributed by atoms with Crippen LogP contribution in [0, 0.1) is 0 Å². The molecule has 0 aliphatic carbocycles. The van der Waals surface area contributed by atoms with Crippen molar-refractivity contribution in [2.75, 3.05) is 13.2 Å². The molecule has 4 nitrogen and oxygen atoms in total. The van der Waals surface area contributed by atoms with Crippen molar-refractivity contribution < 1.29 is 14.3 Å². The minimum Gasteiger partial charge on any atom is -0.448 e. The lowest BCUT2D eigenvalue weighted by Gasteiger charge is -2.20. The molecule has 0 spiro atoms. The Balaban J connectivity index is 1.97. The van der Waals surface area contributed by atoms with Crippen LogP contribution in [0.15, 0.2) is 30.3 Å². The summed E-state index contributed by atoms with van der Waals surface area (Å²) in [4.78, 5) is 24.9. The standard InChI is InChI=1S/C13H15NO3/c1-10(14-7-8-17-13(14)16)9-12(15)11-5-3-2-4-6-11/h2-6,10H,7-9H2,1H3. The maximum absolute atomic E-state index is 11.9. The Morgan fingerprint density at radius 2 is 2.12 bits per heavy atom. The topological polar surface area (TPSA) is 46.6 Å². The van der Waals surface area contributed by atoms with Crippen LogP contribution in [0.5, 0.6) is 0 Å². The predicted octanol–water partition coefficient (Wildman–Crippen LogP) is 2.10. The molecule has 1 heterocycles. The van der Waals surface area contributed by atoms with Gasteiger partial charge in [-0.15, -0.1) is 0 Å². The summed E-state index contributed by atoms with van der Waals surface area (Å²) in [5.41, 5.74) is 0.687. The highest BCUT2D eigenvalue weighted by Gasteiger charge is 2.28.